The number of benzene rings is 1. The first-order chi connectivity index (χ1) is 14.9. The highest BCUT2D eigenvalue weighted by Crippen LogP contribution is 2.09. The van der Waals surface area contributed by atoms with Crippen molar-refractivity contribution in [1.82, 2.24) is 15.5 Å². The Bertz CT molecular complexity index is 697. The predicted octanol–water partition coefficient (Wildman–Crippen LogP) is 3.36. The van der Waals surface area contributed by atoms with Gasteiger partial charge in [0.2, 0.25) is 0 Å². The lowest BCUT2D eigenvalue weighted by atomic mass is 10.0. The molecule has 1 radical (unpaired) electrons. The van der Waals surface area contributed by atoms with Gasteiger partial charge in [0, 0.05) is 49.6 Å². The van der Waals surface area contributed by atoms with Crippen molar-refractivity contribution in [1.29, 1.82) is 0 Å². The van der Waals surface area contributed by atoms with Crippen molar-refractivity contribution in [3.8, 4) is 0 Å². The van der Waals surface area contributed by atoms with Gasteiger partial charge in [0.25, 0.3) is 11.8 Å². The third kappa shape index (κ3) is 9.23. The van der Waals surface area contributed by atoms with Crippen LogP contribution in [0.25, 0.3) is 0 Å². The number of unbranched alkanes of at least 4 members (excludes halogenated alkanes) is 3. The third-order valence-electron chi connectivity index (χ3n) is 5.67. The van der Waals surface area contributed by atoms with Crippen molar-refractivity contribution in [2.45, 2.75) is 58.5 Å². The zero-order valence-corrected chi connectivity index (χ0v) is 19.3. The molecule has 0 fully saturated rings. The van der Waals surface area contributed by atoms with Crippen LogP contribution in [0.15, 0.2) is 36.4 Å². The van der Waals surface area contributed by atoms with E-state index in [1.807, 2.05) is 12.1 Å². The molecule has 3 N–H and O–H groups in total. The van der Waals surface area contributed by atoms with Crippen LogP contribution in [0.4, 0.5) is 5.69 Å². The first-order valence-corrected chi connectivity index (χ1v) is 11.5. The molecule has 1 aromatic rings. The van der Waals surface area contributed by atoms with Gasteiger partial charge in [-0.25, -0.2) is 0 Å². The molecule has 0 bridgehead atoms. The van der Waals surface area contributed by atoms with Crippen molar-refractivity contribution >= 4 is 17.5 Å². The molecule has 0 aromatic heterocycles. The number of nitrogens with one attached hydrogen (secondary N) is 3. The number of imide groups is 1. The Kier molecular flexibility index (Phi) is 10.7. The molecular formula is C25H39N4O2. The van der Waals surface area contributed by atoms with Crippen LogP contribution in [0.5, 0.6) is 0 Å². The molecule has 0 saturated heterocycles. The summed E-state index contributed by atoms with van der Waals surface area (Å²) in [6, 6.07) is 8.95. The van der Waals surface area contributed by atoms with Gasteiger partial charge in [-0.15, -0.1) is 0 Å². The average molecular weight is 428 g/mol. The Morgan fingerprint density at radius 1 is 0.871 bits per heavy atom. The second kappa shape index (κ2) is 13.3. The highest BCUT2D eigenvalue weighted by molar-refractivity contribution is 6.12. The van der Waals surface area contributed by atoms with E-state index in [1.54, 1.807) is 0 Å². The maximum Gasteiger partial charge on any atom is 0.253 e. The van der Waals surface area contributed by atoms with Gasteiger partial charge in [-0.05, 0) is 56.8 Å². The van der Waals surface area contributed by atoms with E-state index in [-0.39, 0.29) is 11.8 Å². The quantitative estimate of drug-likeness (QED) is 0.296. The fourth-order valence-corrected chi connectivity index (χ4v) is 3.52. The fraction of sp³-hybridized carbons (Fsp3) is 0.560. The summed E-state index contributed by atoms with van der Waals surface area (Å²) in [7, 11) is 0. The smallest absolute Gasteiger partial charge is 0.253 e. The van der Waals surface area contributed by atoms with E-state index >= 15 is 0 Å². The van der Waals surface area contributed by atoms with Crippen LogP contribution in [0, 0.1) is 12.8 Å². The van der Waals surface area contributed by atoms with Crippen molar-refractivity contribution in [2.24, 2.45) is 5.92 Å². The largest absolute Gasteiger partial charge is 0.383 e. The SMILES string of the molecule is [CH2]c1ccc(NC[C@H](C)NC[C@@H](NCCCCCCN2C(=O)C=CC2=O)C(C)C)cc1. The van der Waals surface area contributed by atoms with Gasteiger partial charge in [-0.1, -0.05) is 38.8 Å². The van der Waals surface area contributed by atoms with Gasteiger partial charge in [0.1, 0.15) is 0 Å². The summed E-state index contributed by atoms with van der Waals surface area (Å²) < 4.78 is 0. The Labute approximate surface area is 187 Å². The highest BCUT2D eigenvalue weighted by Gasteiger charge is 2.22. The average Bonchev–Trinajstić information content (AvgIpc) is 3.06. The van der Waals surface area contributed by atoms with Crippen LogP contribution in [-0.4, -0.2) is 55.0 Å². The number of amides is 2. The lowest BCUT2D eigenvalue weighted by Crippen LogP contribution is -2.46. The standard InChI is InChI=1S/C25H39N4O2/c1-19(2)23(18-27-21(4)17-28-22-11-9-20(3)10-12-22)26-15-7-5-6-8-16-29-24(30)13-14-25(29)31/h9-14,19,21,23,26-28H,3,5-8,15-18H2,1-2,4H3/t21-,23+/m0/s1. The van der Waals surface area contributed by atoms with E-state index in [4.69, 9.17) is 0 Å². The lowest BCUT2D eigenvalue weighted by molar-refractivity contribution is -0.136. The van der Waals surface area contributed by atoms with E-state index < -0.39 is 0 Å². The van der Waals surface area contributed by atoms with Crippen molar-refractivity contribution in [3.05, 3.63) is 48.9 Å². The van der Waals surface area contributed by atoms with E-state index in [0.717, 1.165) is 56.6 Å². The predicted molar refractivity (Wildman–Crippen MR) is 128 cm³/mol. The summed E-state index contributed by atoms with van der Waals surface area (Å²) in [5.41, 5.74) is 2.14. The fourth-order valence-electron chi connectivity index (χ4n) is 3.52. The normalized spacial score (nSPS) is 15.7. The monoisotopic (exact) mass is 427 g/mol. The van der Waals surface area contributed by atoms with Crippen LogP contribution >= 0.6 is 0 Å². The molecule has 0 saturated carbocycles. The van der Waals surface area contributed by atoms with Crippen molar-refractivity contribution in [2.75, 3.05) is 31.5 Å². The number of hydrogen-bond donors (Lipinski definition) is 3. The lowest BCUT2D eigenvalue weighted by Gasteiger charge is -2.25. The van der Waals surface area contributed by atoms with Gasteiger partial charge >= 0.3 is 0 Å². The number of anilines is 1. The molecule has 171 valence electrons. The Hall–Kier alpha value is -2.18. The summed E-state index contributed by atoms with van der Waals surface area (Å²) in [5.74, 6) is 0.191. The number of nitrogens with zero attached hydrogens (tertiary/aromatic N) is 1. The zero-order valence-electron chi connectivity index (χ0n) is 19.3. The van der Waals surface area contributed by atoms with Crippen LogP contribution in [0.1, 0.15) is 52.0 Å². The molecule has 0 aliphatic carbocycles. The second-order valence-electron chi connectivity index (χ2n) is 8.77. The summed E-state index contributed by atoms with van der Waals surface area (Å²) >= 11 is 0. The van der Waals surface area contributed by atoms with Crippen LogP contribution in [0.3, 0.4) is 0 Å². The molecule has 2 rings (SSSR count). The molecular weight excluding hydrogens is 388 g/mol. The maximum absolute atomic E-state index is 11.5. The zero-order chi connectivity index (χ0) is 22.6. The van der Waals surface area contributed by atoms with Crippen LogP contribution < -0.4 is 16.0 Å². The Morgan fingerprint density at radius 2 is 1.52 bits per heavy atom. The minimum atomic E-state index is -0.181. The van der Waals surface area contributed by atoms with Gasteiger partial charge in [-0.2, -0.15) is 0 Å². The van der Waals surface area contributed by atoms with Crippen LogP contribution in [0.2, 0.25) is 0 Å². The summed E-state index contributed by atoms with van der Waals surface area (Å²) in [4.78, 5) is 24.4. The summed E-state index contributed by atoms with van der Waals surface area (Å²) in [6.07, 6.45) is 6.80. The Balaban J connectivity index is 1.54. The first kappa shape index (κ1) is 25.1. The molecule has 1 heterocycles. The van der Waals surface area contributed by atoms with Gasteiger partial charge in [-0.3, -0.25) is 14.5 Å². The molecule has 2 amide bonds. The van der Waals surface area contributed by atoms with E-state index in [2.05, 4.69) is 55.8 Å². The number of hydrogen-bond acceptors (Lipinski definition) is 5. The molecule has 1 aliphatic rings. The highest BCUT2D eigenvalue weighted by atomic mass is 16.2. The number of carbonyl (C=O) groups excluding carboxylic acids is 2. The second-order valence-corrected chi connectivity index (χ2v) is 8.77. The topological polar surface area (TPSA) is 73.5 Å². The van der Waals surface area contributed by atoms with E-state index in [1.165, 1.54) is 17.1 Å². The third-order valence-corrected chi connectivity index (χ3v) is 5.67. The molecule has 1 aliphatic heterocycles. The molecule has 0 spiro atoms. The summed E-state index contributed by atoms with van der Waals surface area (Å²) in [6.45, 7) is 13.9. The van der Waals surface area contributed by atoms with Gasteiger partial charge < -0.3 is 16.0 Å². The molecule has 1 aromatic carbocycles. The molecule has 6 heteroatoms. The molecule has 6 nitrogen and oxygen atoms in total. The Morgan fingerprint density at radius 3 is 2.16 bits per heavy atom. The number of rotatable bonds is 15. The minimum absolute atomic E-state index is 0.181. The first-order valence-electron chi connectivity index (χ1n) is 11.5. The molecule has 31 heavy (non-hydrogen) atoms. The van der Waals surface area contributed by atoms with Gasteiger partial charge in [0.05, 0.1) is 0 Å². The molecule has 2 atom stereocenters. The molecule has 0 unspecified atom stereocenters. The summed E-state index contributed by atoms with van der Waals surface area (Å²) in [5, 5.41) is 10.8. The van der Waals surface area contributed by atoms with Crippen molar-refractivity contribution in [3.63, 3.8) is 0 Å². The maximum atomic E-state index is 11.5. The van der Waals surface area contributed by atoms with E-state index in [0.29, 0.717) is 24.5 Å². The van der Waals surface area contributed by atoms with Gasteiger partial charge in [0.15, 0.2) is 0 Å². The van der Waals surface area contributed by atoms with Crippen LogP contribution in [-0.2, 0) is 9.59 Å². The minimum Gasteiger partial charge on any atom is -0.383 e. The van der Waals surface area contributed by atoms with Crippen molar-refractivity contribution < 1.29 is 9.59 Å². The number of carbonyl (C=O) groups is 2. The van der Waals surface area contributed by atoms with E-state index in [9.17, 15) is 9.59 Å².